The number of hydrogen-bond acceptors (Lipinski definition) is 31. The standard InChI is InChI=1S/C66H108O31/c1-25-36(70)53(96-56-45(79)40(74)37(71)29(21-67)89-56)50(84)59(87-25)94-51-26(2)88-54(48(82)43(51)77)86-24-32-39(73)42(76)46(80)57(92-32)95-52-31(23-69)91-55(49(83)44(52)78)93-35-13-14-63(7)33(62(35,5)6)12-15-65(9)34(63)11-10-27-28-20-61(3,4)16-18-66(28,19-17-64(27,65)8)60(85)97-58-47(81)41(75)38(72)30(22-68)90-58/h10,25-26,28-59,67-84H,11-24H2,1-9H3/t25-,26-,28-,29+,30+,31+,32+,33-,34+,35-,36-,37+,38+,39-,40-,41-,42-,43-,44+,45+,46+,47+,48+,49+,50+,51-,52+,53+,54+,55-,56-,57-,58-,59-,63-,64+,65+,66-/m0/s1. The van der Waals surface area contributed by atoms with E-state index in [1.54, 1.807) is 0 Å². The van der Waals surface area contributed by atoms with Crippen LogP contribution in [0.3, 0.4) is 0 Å². The Kier molecular flexibility index (Phi) is 22.4. The molecule has 31 heteroatoms. The zero-order valence-electron chi connectivity index (χ0n) is 56.5. The van der Waals surface area contributed by atoms with Crippen molar-refractivity contribution in [1.29, 1.82) is 0 Å². The molecule has 5 aliphatic carbocycles. The molecule has 0 spiro atoms. The first-order valence-corrected chi connectivity index (χ1v) is 34.6. The van der Waals surface area contributed by atoms with Gasteiger partial charge >= 0.3 is 5.97 Å². The highest BCUT2D eigenvalue weighted by molar-refractivity contribution is 5.79. The molecule has 0 aromatic rings. The number of aliphatic hydroxyl groups is 18. The third-order valence-corrected chi connectivity index (χ3v) is 25.5. The average molecular weight is 1400 g/mol. The Labute approximate surface area is 563 Å². The van der Waals surface area contributed by atoms with Gasteiger partial charge in [0.2, 0.25) is 6.29 Å². The number of aliphatic hydroxyl groups excluding tert-OH is 18. The van der Waals surface area contributed by atoms with Crippen molar-refractivity contribution in [2.45, 2.75) is 317 Å². The fourth-order valence-corrected chi connectivity index (χ4v) is 19.3. The number of ether oxygens (including phenoxy) is 12. The first kappa shape index (κ1) is 76.2. The largest absolute Gasteiger partial charge is 0.432 e. The highest BCUT2D eigenvalue weighted by Crippen LogP contribution is 2.76. The zero-order chi connectivity index (χ0) is 70.9. The third kappa shape index (κ3) is 13.2. The second-order valence-corrected chi connectivity index (χ2v) is 31.9. The van der Waals surface area contributed by atoms with Crippen molar-refractivity contribution in [2.24, 2.45) is 50.2 Å². The van der Waals surface area contributed by atoms with Crippen LogP contribution in [0.15, 0.2) is 11.6 Å². The number of allylic oxidation sites excluding steroid dienone is 2. The van der Waals surface area contributed by atoms with Gasteiger partial charge in [0.1, 0.15) is 134 Å². The summed E-state index contributed by atoms with van der Waals surface area (Å²) in [5.41, 5.74) is -1.11. The minimum atomic E-state index is -1.99. The van der Waals surface area contributed by atoms with Crippen LogP contribution >= 0.6 is 0 Å². The highest BCUT2D eigenvalue weighted by Gasteiger charge is 2.71. The summed E-state index contributed by atoms with van der Waals surface area (Å²) in [5, 5.41) is 195. The van der Waals surface area contributed by atoms with Gasteiger partial charge in [0.25, 0.3) is 0 Å². The van der Waals surface area contributed by atoms with Gasteiger partial charge in [0, 0.05) is 0 Å². The Morgan fingerprint density at radius 1 is 0.454 bits per heavy atom. The van der Waals surface area contributed by atoms with Crippen molar-refractivity contribution < 1.29 is 154 Å². The second kappa shape index (κ2) is 28.5. The number of esters is 1. The van der Waals surface area contributed by atoms with Crippen molar-refractivity contribution in [3.8, 4) is 0 Å². The first-order valence-electron chi connectivity index (χ1n) is 34.6. The van der Waals surface area contributed by atoms with Crippen LogP contribution in [0, 0.1) is 50.2 Å². The molecule has 97 heavy (non-hydrogen) atoms. The Morgan fingerprint density at radius 3 is 1.56 bits per heavy atom. The molecule has 0 bridgehead atoms. The SMILES string of the molecule is C[C@@H]1O[C@@H](O[C@@H]2[C@@H](O)[C@@H](O)[C@H](OC[C@H]3O[C@@H](O[C@H]4[C@H](O)[C@@H](O)[C@H](O[C@H]5CC[C@]6(C)[C@H]7CC=C8[C@@H]9CC(C)(C)CC[C@]9(C(=O)O[C@@H]9O[C@H](CO)[C@@H](O)[C@H](O)[C@H]9O)CC[C@@]8(C)[C@]7(C)CC[C@H]6C5(C)C)O[C@@H]4CO)[C@H](O)[C@@H](O)[C@H]3O)O[C@H]2C)[C@H](O)[C@H](O[C@@H]2O[C@H](CO)[C@@H](O)[C@H](O)[C@H]2O)[C@H]1O. The summed E-state index contributed by atoms with van der Waals surface area (Å²) in [5.74, 6) is -0.419. The number of fused-ring (bicyclic) bond motifs is 7. The molecule has 6 heterocycles. The van der Waals surface area contributed by atoms with Crippen LogP contribution in [0.4, 0.5) is 0 Å². The summed E-state index contributed by atoms with van der Waals surface area (Å²) in [4.78, 5) is 14.8. The molecule has 0 aromatic heterocycles. The first-order chi connectivity index (χ1) is 45.4. The number of carbonyl (C=O) groups is 1. The van der Waals surface area contributed by atoms with Crippen molar-refractivity contribution in [1.82, 2.24) is 0 Å². The predicted molar refractivity (Wildman–Crippen MR) is 325 cm³/mol. The molecule has 558 valence electrons. The summed E-state index contributed by atoms with van der Waals surface area (Å²) < 4.78 is 70.9. The summed E-state index contributed by atoms with van der Waals surface area (Å²) in [6.07, 6.45) is -41.2. The molecular weight excluding hydrogens is 1290 g/mol. The van der Waals surface area contributed by atoms with E-state index < -0.39 is 234 Å². The lowest BCUT2D eigenvalue weighted by Crippen LogP contribution is -2.67. The third-order valence-electron chi connectivity index (χ3n) is 25.5. The maximum absolute atomic E-state index is 14.8. The van der Waals surface area contributed by atoms with Crippen LogP contribution in [-0.2, 0) is 61.6 Å². The maximum atomic E-state index is 14.8. The van der Waals surface area contributed by atoms with Gasteiger partial charge in [-0.15, -0.1) is 0 Å². The van der Waals surface area contributed by atoms with E-state index in [1.165, 1.54) is 19.4 Å². The van der Waals surface area contributed by atoms with E-state index >= 15 is 0 Å². The quantitative estimate of drug-likeness (QED) is 0.0395. The molecule has 0 unspecified atom stereocenters. The van der Waals surface area contributed by atoms with Gasteiger partial charge in [-0.25, -0.2) is 0 Å². The fraction of sp³-hybridized carbons (Fsp3) is 0.955. The van der Waals surface area contributed by atoms with Crippen LogP contribution < -0.4 is 0 Å². The molecule has 4 saturated carbocycles. The van der Waals surface area contributed by atoms with Gasteiger partial charge in [-0.05, 0) is 123 Å². The molecule has 0 amide bonds. The molecular formula is C66H108O31. The van der Waals surface area contributed by atoms with Gasteiger partial charge in [-0.3, -0.25) is 4.79 Å². The van der Waals surface area contributed by atoms with Crippen LogP contribution in [0.5, 0.6) is 0 Å². The molecule has 0 radical (unpaired) electrons. The summed E-state index contributed by atoms with van der Waals surface area (Å²) in [6, 6.07) is 0. The van der Waals surface area contributed by atoms with E-state index in [0.717, 1.165) is 38.5 Å². The van der Waals surface area contributed by atoms with E-state index in [1.807, 2.05) is 0 Å². The van der Waals surface area contributed by atoms with E-state index in [9.17, 15) is 96.7 Å². The van der Waals surface area contributed by atoms with Gasteiger partial charge in [0.15, 0.2) is 31.5 Å². The summed E-state index contributed by atoms with van der Waals surface area (Å²) in [6.45, 7) is 15.7. The van der Waals surface area contributed by atoms with Crippen LogP contribution in [0.25, 0.3) is 0 Å². The van der Waals surface area contributed by atoms with Gasteiger partial charge in [-0.1, -0.05) is 60.1 Å². The van der Waals surface area contributed by atoms with E-state index in [0.29, 0.717) is 25.7 Å². The van der Waals surface area contributed by atoms with Gasteiger partial charge in [0.05, 0.1) is 50.2 Å². The molecule has 18 N–H and O–H groups in total. The Bertz CT molecular complexity index is 2730. The minimum Gasteiger partial charge on any atom is -0.432 e. The van der Waals surface area contributed by atoms with Crippen LogP contribution in [0.1, 0.15) is 127 Å². The molecule has 0 aromatic carbocycles. The van der Waals surface area contributed by atoms with Crippen molar-refractivity contribution >= 4 is 5.97 Å². The monoisotopic (exact) mass is 1400 g/mol. The highest BCUT2D eigenvalue weighted by atomic mass is 16.8. The Hall–Kier alpha value is -1.95. The zero-order valence-corrected chi connectivity index (χ0v) is 56.5. The normalized spacial score (nSPS) is 54.5. The Balaban J connectivity index is 0.707. The number of hydrogen-bond donors (Lipinski definition) is 18. The molecule has 6 aliphatic heterocycles. The lowest BCUT2D eigenvalue weighted by atomic mass is 9.33. The minimum absolute atomic E-state index is 0.0956. The number of carbonyl (C=O) groups excluding carboxylic acids is 1. The topological polar surface area (TPSA) is 492 Å². The molecule has 31 nitrogen and oxygen atoms in total. The maximum Gasteiger partial charge on any atom is 0.315 e. The predicted octanol–water partition coefficient (Wildman–Crippen LogP) is -4.33. The fourth-order valence-electron chi connectivity index (χ4n) is 19.3. The van der Waals surface area contributed by atoms with Crippen molar-refractivity contribution in [2.75, 3.05) is 26.4 Å². The molecule has 6 saturated heterocycles. The summed E-state index contributed by atoms with van der Waals surface area (Å²) in [7, 11) is 0. The molecule has 38 atom stereocenters. The Morgan fingerprint density at radius 2 is 0.938 bits per heavy atom. The van der Waals surface area contributed by atoms with Crippen molar-refractivity contribution in [3.63, 3.8) is 0 Å². The van der Waals surface area contributed by atoms with E-state index in [4.69, 9.17) is 56.8 Å². The molecule has 11 rings (SSSR count). The molecule has 10 fully saturated rings. The lowest BCUT2D eigenvalue weighted by molar-refractivity contribution is -0.380. The van der Waals surface area contributed by atoms with Gasteiger partial charge < -0.3 is 149 Å². The lowest BCUT2D eigenvalue weighted by Gasteiger charge is -2.71. The number of rotatable bonds is 16. The van der Waals surface area contributed by atoms with Crippen LogP contribution in [0.2, 0.25) is 0 Å². The van der Waals surface area contributed by atoms with Crippen LogP contribution in [-0.4, -0.2) is 315 Å². The van der Waals surface area contributed by atoms with E-state index in [2.05, 4.69) is 54.5 Å². The average Bonchev–Trinajstić information content (AvgIpc) is 0.676. The van der Waals surface area contributed by atoms with E-state index in [-0.39, 0.29) is 39.4 Å². The van der Waals surface area contributed by atoms with Crippen molar-refractivity contribution in [3.05, 3.63) is 11.6 Å². The van der Waals surface area contributed by atoms with Gasteiger partial charge in [-0.2, -0.15) is 0 Å². The molecule has 11 aliphatic rings. The smallest absolute Gasteiger partial charge is 0.315 e. The summed E-state index contributed by atoms with van der Waals surface area (Å²) >= 11 is 0. The second-order valence-electron chi connectivity index (χ2n) is 31.9.